The first kappa shape index (κ1) is 19.4. The molecule has 36 heavy (non-hydrogen) atoms. The lowest BCUT2D eigenvalue weighted by molar-refractivity contribution is 1.09. The quantitative estimate of drug-likeness (QED) is 0.255. The SMILES string of the molecule is c1ccc2c3cn(-c4ccc(-n5c6ccccc6c6ccccc65)cc4)c4ccccc4c-3nc2c1. The summed E-state index contributed by atoms with van der Waals surface area (Å²) in [6, 6.07) is 43.1. The molecule has 3 heterocycles. The lowest BCUT2D eigenvalue weighted by Crippen LogP contribution is -2.01. The molecule has 8 rings (SSSR count). The molecule has 0 aliphatic carbocycles. The van der Waals surface area contributed by atoms with Crippen molar-refractivity contribution in [1.82, 2.24) is 14.1 Å². The molecule has 0 unspecified atom stereocenters. The number of aromatic nitrogens is 3. The zero-order valence-corrected chi connectivity index (χ0v) is 19.5. The molecule has 1 aromatic heterocycles. The third-order valence-electron chi connectivity index (χ3n) is 7.32. The van der Waals surface area contributed by atoms with Crippen molar-refractivity contribution in [1.29, 1.82) is 0 Å². The van der Waals surface area contributed by atoms with Crippen LogP contribution >= 0.6 is 0 Å². The average Bonchev–Trinajstić information content (AvgIpc) is 3.49. The number of rotatable bonds is 2. The molecule has 5 aromatic carbocycles. The molecule has 2 aliphatic rings. The molecule has 6 aromatic rings. The Bertz CT molecular complexity index is 1990. The largest absolute Gasteiger partial charge is 0.316 e. The third-order valence-corrected chi connectivity index (χ3v) is 7.32. The minimum absolute atomic E-state index is 1.04. The molecule has 0 spiro atoms. The molecule has 168 valence electrons. The van der Waals surface area contributed by atoms with Crippen molar-refractivity contribution in [2.45, 2.75) is 0 Å². The summed E-state index contributed by atoms with van der Waals surface area (Å²) in [5.41, 5.74) is 9.15. The van der Waals surface area contributed by atoms with Gasteiger partial charge in [0.25, 0.3) is 0 Å². The van der Waals surface area contributed by atoms with Crippen LogP contribution in [0.25, 0.3) is 66.2 Å². The van der Waals surface area contributed by atoms with E-state index in [1.807, 2.05) is 0 Å². The van der Waals surface area contributed by atoms with Crippen LogP contribution in [0.15, 0.2) is 128 Å². The maximum atomic E-state index is 4.97. The molecular formula is C33H21N3. The van der Waals surface area contributed by atoms with Gasteiger partial charge in [0.15, 0.2) is 0 Å². The summed E-state index contributed by atoms with van der Waals surface area (Å²) < 4.78 is 4.65. The molecule has 0 amide bonds. The van der Waals surface area contributed by atoms with Crippen molar-refractivity contribution < 1.29 is 0 Å². The van der Waals surface area contributed by atoms with Crippen molar-refractivity contribution in [2.75, 3.05) is 0 Å². The highest BCUT2D eigenvalue weighted by Crippen LogP contribution is 2.38. The molecule has 3 heteroatoms. The van der Waals surface area contributed by atoms with Crippen LogP contribution in [-0.2, 0) is 0 Å². The summed E-state index contributed by atoms with van der Waals surface area (Å²) in [5.74, 6) is 0. The molecular weight excluding hydrogens is 438 g/mol. The van der Waals surface area contributed by atoms with E-state index in [1.165, 1.54) is 32.8 Å². The number of nitrogens with zero attached hydrogens (tertiary/aromatic N) is 3. The maximum Gasteiger partial charge on any atom is 0.0824 e. The smallest absolute Gasteiger partial charge is 0.0824 e. The average molecular weight is 460 g/mol. The fourth-order valence-corrected chi connectivity index (χ4v) is 5.70. The number of pyridine rings is 1. The van der Waals surface area contributed by atoms with Gasteiger partial charge < -0.3 is 9.13 Å². The monoisotopic (exact) mass is 459 g/mol. The second kappa shape index (κ2) is 7.30. The summed E-state index contributed by atoms with van der Waals surface area (Å²) >= 11 is 0. The number of fused-ring (bicyclic) bond motifs is 8. The molecule has 0 bridgehead atoms. The minimum Gasteiger partial charge on any atom is -0.316 e. The van der Waals surface area contributed by atoms with Crippen molar-refractivity contribution in [2.24, 2.45) is 0 Å². The molecule has 0 radical (unpaired) electrons. The zero-order valence-electron chi connectivity index (χ0n) is 19.5. The fraction of sp³-hybridized carbons (Fsp3) is 0. The number of benzene rings is 5. The van der Waals surface area contributed by atoms with Gasteiger partial charge in [0.2, 0.25) is 0 Å². The van der Waals surface area contributed by atoms with Gasteiger partial charge in [-0.15, -0.1) is 0 Å². The first-order valence-electron chi connectivity index (χ1n) is 12.2. The van der Waals surface area contributed by atoms with E-state index in [0.29, 0.717) is 0 Å². The standard InChI is InChI=1S/C33H21N3/c1-5-13-29-24(9-1)28-21-35(30-14-6-4-12-27(30)33(28)34-29)22-17-19-23(20-18-22)36-31-15-7-2-10-25(31)26-11-3-8-16-32(26)36/h1-21H. The van der Waals surface area contributed by atoms with Gasteiger partial charge in [-0.05, 0) is 48.5 Å². The van der Waals surface area contributed by atoms with Crippen LogP contribution in [0.1, 0.15) is 0 Å². The predicted octanol–water partition coefficient (Wildman–Crippen LogP) is 8.38. The van der Waals surface area contributed by atoms with E-state index in [9.17, 15) is 0 Å². The second-order valence-electron chi connectivity index (χ2n) is 9.29. The highest BCUT2D eigenvalue weighted by Gasteiger charge is 2.18. The summed E-state index contributed by atoms with van der Waals surface area (Å²) in [4.78, 5) is 4.97. The van der Waals surface area contributed by atoms with E-state index in [1.54, 1.807) is 0 Å². The zero-order chi connectivity index (χ0) is 23.6. The van der Waals surface area contributed by atoms with Crippen LogP contribution in [0, 0.1) is 0 Å². The highest BCUT2D eigenvalue weighted by molar-refractivity contribution is 6.09. The van der Waals surface area contributed by atoms with Gasteiger partial charge in [0.1, 0.15) is 0 Å². The van der Waals surface area contributed by atoms with Crippen molar-refractivity contribution in [3.8, 4) is 22.6 Å². The first-order valence-corrected chi connectivity index (χ1v) is 12.2. The van der Waals surface area contributed by atoms with Gasteiger partial charge in [-0.3, -0.25) is 0 Å². The Labute approximate surface area is 207 Å². The van der Waals surface area contributed by atoms with E-state index < -0.39 is 0 Å². The van der Waals surface area contributed by atoms with Crippen molar-refractivity contribution in [3.05, 3.63) is 128 Å². The summed E-state index contributed by atoms with van der Waals surface area (Å²) in [6.45, 7) is 0. The highest BCUT2D eigenvalue weighted by atomic mass is 15.0. The molecule has 0 fully saturated rings. The fourth-order valence-electron chi connectivity index (χ4n) is 5.70. The molecule has 2 aliphatic heterocycles. The van der Waals surface area contributed by atoms with Crippen LogP contribution in [0.3, 0.4) is 0 Å². The maximum absolute atomic E-state index is 4.97. The van der Waals surface area contributed by atoms with Gasteiger partial charge >= 0.3 is 0 Å². The Morgan fingerprint density at radius 3 is 1.67 bits per heavy atom. The van der Waals surface area contributed by atoms with E-state index in [0.717, 1.165) is 33.5 Å². The Kier molecular flexibility index (Phi) is 3.94. The van der Waals surface area contributed by atoms with Crippen LogP contribution in [0.5, 0.6) is 0 Å². The number of hydrogen-bond donors (Lipinski definition) is 0. The molecule has 0 atom stereocenters. The summed E-state index contributed by atoms with van der Waals surface area (Å²) in [7, 11) is 0. The summed E-state index contributed by atoms with van der Waals surface area (Å²) in [6.07, 6.45) is 2.24. The Balaban J connectivity index is 1.36. The Morgan fingerprint density at radius 1 is 0.444 bits per heavy atom. The van der Waals surface area contributed by atoms with Crippen LogP contribution in [0.4, 0.5) is 0 Å². The van der Waals surface area contributed by atoms with E-state index >= 15 is 0 Å². The first-order chi connectivity index (χ1) is 17.9. The Morgan fingerprint density at radius 2 is 0.972 bits per heavy atom. The lowest BCUT2D eigenvalue weighted by Gasteiger charge is -2.16. The molecule has 0 saturated carbocycles. The third kappa shape index (κ3) is 2.65. The van der Waals surface area contributed by atoms with Crippen LogP contribution < -0.4 is 0 Å². The van der Waals surface area contributed by atoms with E-state index in [4.69, 9.17) is 4.98 Å². The van der Waals surface area contributed by atoms with Crippen molar-refractivity contribution in [3.63, 3.8) is 0 Å². The molecule has 0 saturated heterocycles. The van der Waals surface area contributed by atoms with Gasteiger partial charge in [-0.2, -0.15) is 0 Å². The van der Waals surface area contributed by atoms with Gasteiger partial charge in [0, 0.05) is 44.7 Å². The molecule has 0 N–H and O–H groups in total. The van der Waals surface area contributed by atoms with E-state index in [-0.39, 0.29) is 0 Å². The van der Waals surface area contributed by atoms with Gasteiger partial charge in [-0.1, -0.05) is 72.8 Å². The van der Waals surface area contributed by atoms with E-state index in [2.05, 4.69) is 137 Å². The summed E-state index contributed by atoms with van der Waals surface area (Å²) in [5, 5.41) is 4.91. The van der Waals surface area contributed by atoms with Gasteiger partial charge in [-0.25, -0.2) is 4.98 Å². The topological polar surface area (TPSA) is 22.8 Å². The van der Waals surface area contributed by atoms with Crippen LogP contribution in [-0.4, -0.2) is 14.1 Å². The predicted molar refractivity (Wildman–Crippen MR) is 150 cm³/mol. The van der Waals surface area contributed by atoms with Crippen molar-refractivity contribution >= 4 is 43.6 Å². The van der Waals surface area contributed by atoms with Crippen LogP contribution in [0.2, 0.25) is 0 Å². The minimum atomic E-state index is 1.04. The number of hydrogen-bond acceptors (Lipinski definition) is 1. The van der Waals surface area contributed by atoms with Gasteiger partial charge in [0.05, 0.1) is 27.8 Å². The molecule has 3 nitrogen and oxygen atoms in total. The number of para-hydroxylation sites is 4. The lowest BCUT2D eigenvalue weighted by atomic mass is 10.0. The normalized spacial score (nSPS) is 11.9. The Hall–Kier alpha value is -4.89. The second-order valence-corrected chi connectivity index (χ2v) is 9.29.